The third-order valence-electron chi connectivity index (χ3n) is 4.78. The topological polar surface area (TPSA) is 119 Å². The zero-order chi connectivity index (χ0) is 21.0. The van der Waals surface area contributed by atoms with E-state index in [9.17, 15) is 15.3 Å². The highest BCUT2D eigenvalue weighted by Gasteiger charge is 2.40. The van der Waals surface area contributed by atoms with Gasteiger partial charge in [0.05, 0.1) is 13.2 Å². The molecular formula is C15H37NO9Si2. The molecule has 0 aromatic heterocycles. The molecule has 0 amide bonds. The van der Waals surface area contributed by atoms with Crippen LogP contribution in [0.5, 0.6) is 0 Å². The van der Waals surface area contributed by atoms with Gasteiger partial charge in [-0.3, -0.25) is 4.90 Å². The van der Waals surface area contributed by atoms with E-state index in [4.69, 9.17) is 26.6 Å². The first-order valence-corrected chi connectivity index (χ1v) is 12.7. The number of rotatable bonds is 17. The summed E-state index contributed by atoms with van der Waals surface area (Å²) in [5, 5.41) is 29.7. The van der Waals surface area contributed by atoms with Gasteiger partial charge in [0.1, 0.15) is 0 Å². The van der Waals surface area contributed by atoms with Crippen LogP contribution in [-0.4, -0.2) is 113 Å². The van der Waals surface area contributed by atoms with E-state index in [0.717, 1.165) is 0 Å². The first-order chi connectivity index (χ1) is 12.8. The summed E-state index contributed by atoms with van der Waals surface area (Å²) < 4.78 is 32.4. The normalized spacial score (nSPS) is 13.6. The highest BCUT2D eigenvalue weighted by molar-refractivity contribution is 6.60. The third-order valence-corrected chi connectivity index (χ3v) is 10.4. The van der Waals surface area contributed by atoms with Crippen LogP contribution < -0.4 is 0 Å². The summed E-state index contributed by atoms with van der Waals surface area (Å²) in [4.78, 5) is 1.63. The van der Waals surface area contributed by atoms with Crippen LogP contribution in [-0.2, 0) is 26.6 Å². The first-order valence-electron chi connectivity index (χ1n) is 8.80. The lowest BCUT2D eigenvalue weighted by atomic mass is 10.2. The third kappa shape index (κ3) is 7.76. The molecular weight excluding hydrogens is 394 g/mol. The molecule has 0 unspecified atom stereocenters. The lowest BCUT2D eigenvalue weighted by molar-refractivity contribution is -0.164. The zero-order valence-corrected chi connectivity index (χ0v) is 19.4. The smallest absolute Gasteiger partial charge is 0.392 e. The SMILES string of the molecule is CO[Si](CCCN(CCC[Si](OC)(OC)OC)C(O)(CO)CO)(OC)OC. The van der Waals surface area contributed by atoms with Crippen molar-refractivity contribution in [2.24, 2.45) is 0 Å². The van der Waals surface area contributed by atoms with Crippen molar-refractivity contribution in [3.63, 3.8) is 0 Å². The first kappa shape index (κ1) is 27.0. The highest BCUT2D eigenvalue weighted by atomic mass is 28.4. The molecule has 3 N–H and O–H groups in total. The molecule has 164 valence electrons. The van der Waals surface area contributed by atoms with Gasteiger partial charge in [-0.2, -0.15) is 0 Å². The van der Waals surface area contributed by atoms with Crippen LogP contribution in [0.15, 0.2) is 0 Å². The Balaban J connectivity index is 4.96. The molecule has 10 nitrogen and oxygen atoms in total. The van der Waals surface area contributed by atoms with Crippen molar-refractivity contribution < 1.29 is 41.9 Å². The van der Waals surface area contributed by atoms with E-state index in [1.54, 1.807) is 47.6 Å². The summed E-state index contributed by atoms with van der Waals surface area (Å²) >= 11 is 0. The van der Waals surface area contributed by atoms with E-state index in [1.165, 1.54) is 0 Å². The summed E-state index contributed by atoms with van der Waals surface area (Å²) in [5.74, 6) is 0. The van der Waals surface area contributed by atoms with E-state index in [-0.39, 0.29) is 0 Å². The fourth-order valence-electron chi connectivity index (χ4n) is 2.86. The summed E-state index contributed by atoms with van der Waals surface area (Å²) in [6, 6.07) is 1.07. The Labute approximate surface area is 164 Å². The van der Waals surface area contributed by atoms with Gasteiger partial charge in [0.15, 0.2) is 5.72 Å². The second-order valence-electron chi connectivity index (χ2n) is 6.08. The second-order valence-corrected chi connectivity index (χ2v) is 12.3. The summed E-state index contributed by atoms with van der Waals surface area (Å²) in [7, 11) is 3.79. The van der Waals surface area contributed by atoms with Crippen LogP contribution >= 0.6 is 0 Å². The molecule has 0 atom stereocenters. The second kappa shape index (κ2) is 13.3. The van der Waals surface area contributed by atoms with Gasteiger partial charge in [-0.25, -0.2) is 0 Å². The van der Waals surface area contributed by atoms with Gasteiger partial charge in [-0.05, 0) is 12.8 Å². The maximum absolute atomic E-state index is 10.6. The Kier molecular flexibility index (Phi) is 13.3. The quantitative estimate of drug-likeness (QED) is 0.205. The van der Waals surface area contributed by atoms with E-state index in [0.29, 0.717) is 38.0 Å². The molecule has 0 rings (SSSR count). The molecule has 0 saturated heterocycles. The molecule has 0 aromatic rings. The van der Waals surface area contributed by atoms with Crippen LogP contribution in [0.4, 0.5) is 0 Å². The predicted molar refractivity (Wildman–Crippen MR) is 103 cm³/mol. The van der Waals surface area contributed by atoms with Gasteiger partial charge in [-0.1, -0.05) is 0 Å². The number of hydrogen-bond donors (Lipinski definition) is 3. The molecule has 0 bridgehead atoms. The molecule has 0 radical (unpaired) electrons. The van der Waals surface area contributed by atoms with Gasteiger partial charge < -0.3 is 41.9 Å². The maximum Gasteiger partial charge on any atom is 0.500 e. The summed E-state index contributed by atoms with van der Waals surface area (Å²) in [5.41, 5.74) is -1.73. The number of aliphatic hydroxyl groups excluding tert-OH is 2. The van der Waals surface area contributed by atoms with E-state index in [2.05, 4.69) is 0 Å². The van der Waals surface area contributed by atoms with E-state index >= 15 is 0 Å². The molecule has 0 aliphatic heterocycles. The van der Waals surface area contributed by atoms with Crippen LogP contribution in [0.1, 0.15) is 12.8 Å². The molecule has 0 aliphatic rings. The Bertz CT molecular complexity index is 338. The molecule has 0 fully saturated rings. The van der Waals surface area contributed by atoms with Gasteiger partial charge in [0.2, 0.25) is 0 Å². The standard InChI is InChI=1S/C15H37NO9Si2/c1-20-26(21-2,22-3)11-7-9-16(15(19,13-17)14-18)10-8-12-27(23-4,24-5)25-6/h17-19H,7-14H2,1-6H3. The molecule has 12 heteroatoms. The monoisotopic (exact) mass is 431 g/mol. The summed E-state index contributed by atoms with van der Waals surface area (Å²) in [6.45, 7) is -0.369. The largest absolute Gasteiger partial charge is 0.500 e. The Morgan fingerprint density at radius 3 is 1.19 bits per heavy atom. The minimum Gasteiger partial charge on any atom is -0.392 e. The number of nitrogens with zero attached hydrogens (tertiary/aromatic N) is 1. The zero-order valence-electron chi connectivity index (χ0n) is 17.4. The van der Waals surface area contributed by atoms with Gasteiger partial charge >= 0.3 is 17.6 Å². The van der Waals surface area contributed by atoms with Crippen molar-refractivity contribution in [2.45, 2.75) is 30.7 Å². The van der Waals surface area contributed by atoms with Crippen LogP contribution in [0.2, 0.25) is 12.1 Å². The van der Waals surface area contributed by atoms with E-state index < -0.39 is 36.5 Å². The van der Waals surface area contributed by atoms with Crippen LogP contribution in [0.25, 0.3) is 0 Å². The van der Waals surface area contributed by atoms with Crippen LogP contribution in [0, 0.1) is 0 Å². The Morgan fingerprint density at radius 2 is 0.963 bits per heavy atom. The van der Waals surface area contributed by atoms with Gasteiger partial charge in [-0.15, -0.1) is 0 Å². The maximum atomic E-state index is 10.6. The predicted octanol–water partition coefficient (Wildman–Crippen LogP) is -0.502. The molecule has 27 heavy (non-hydrogen) atoms. The number of hydrogen-bond acceptors (Lipinski definition) is 10. The van der Waals surface area contributed by atoms with Crippen molar-refractivity contribution in [1.82, 2.24) is 4.90 Å². The highest BCUT2D eigenvalue weighted by Crippen LogP contribution is 2.21. The molecule has 0 aromatic carbocycles. The van der Waals surface area contributed by atoms with Gasteiger partial charge in [0, 0.05) is 67.8 Å². The Hall–Kier alpha value is 0.0338. The number of aliphatic hydroxyl groups is 3. The summed E-state index contributed by atoms with van der Waals surface area (Å²) in [6.07, 6.45) is 1.18. The molecule has 0 saturated carbocycles. The van der Waals surface area contributed by atoms with Crippen molar-refractivity contribution in [3.05, 3.63) is 0 Å². The van der Waals surface area contributed by atoms with Crippen molar-refractivity contribution in [1.29, 1.82) is 0 Å². The molecule has 0 aliphatic carbocycles. The van der Waals surface area contributed by atoms with Crippen molar-refractivity contribution in [2.75, 3.05) is 69.0 Å². The van der Waals surface area contributed by atoms with Crippen LogP contribution in [0.3, 0.4) is 0 Å². The average molecular weight is 432 g/mol. The fourth-order valence-corrected chi connectivity index (χ4v) is 6.27. The fraction of sp³-hybridized carbons (Fsp3) is 1.00. The molecule has 0 heterocycles. The molecule has 0 spiro atoms. The average Bonchev–Trinajstić information content (AvgIpc) is 2.73. The minimum absolute atomic E-state index is 0.407. The lowest BCUT2D eigenvalue weighted by Gasteiger charge is -2.38. The van der Waals surface area contributed by atoms with Crippen molar-refractivity contribution >= 4 is 17.6 Å². The lowest BCUT2D eigenvalue weighted by Crippen LogP contribution is -2.56. The van der Waals surface area contributed by atoms with Crippen molar-refractivity contribution in [3.8, 4) is 0 Å². The minimum atomic E-state index is -2.73. The van der Waals surface area contributed by atoms with E-state index in [1.807, 2.05) is 0 Å². The van der Waals surface area contributed by atoms with Gasteiger partial charge in [0.25, 0.3) is 0 Å². The Morgan fingerprint density at radius 1 is 0.667 bits per heavy atom.